The van der Waals surface area contributed by atoms with Gasteiger partial charge in [-0.15, -0.1) is 0 Å². The van der Waals surface area contributed by atoms with E-state index in [1.54, 1.807) is 0 Å². The Morgan fingerprint density at radius 1 is 1.00 bits per heavy atom. The highest BCUT2D eigenvalue weighted by Gasteiger charge is 2.34. The summed E-state index contributed by atoms with van der Waals surface area (Å²) in [5.41, 5.74) is 6.31. The van der Waals surface area contributed by atoms with Gasteiger partial charge in [-0.25, -0.2) is 0 Å². The molecule has 164 valence electrons. The second kappa shape index (κ2) is 9.39. The smallest absolute Gasteiger partial charge is 0.293 e. The molecule has 1 fully saturated rings. The lowest BCUT2D eigenvalue weighted by Crippen LogP contribution is -2.29. The van der Waals surface area contributed by atoms with Gasteiger partial charge in [0.2, 0.25) is 0 Å². The highest BCUT2D eigenvalue weighted by molar-refractivity contribution is 8.18. The third-order valence-corrected chi connectivity index (χ3v) is 6.88. The van der Waals surface area contributed by atoms with Gasteiger partial charge in [0, 0.05) is 28.6 Å². The van der Waals surface area contributed by atoms with Crippen molar-refractivity contribution < 1.29 is 9.59 Å². The molecule has 0 aliphatic carbocycles. The summed E-state index contributed by atoms with van der Waals surface area (Å²) in [6.07, 6.45) is 3.42. The van der Waals surface area contributed by atoms with Gasteiger partial charge in [0.05, 0.1) is 4.91 Å². The molecule has 0 saturated carbocycles. The van der Waals surface area contributed by atoms with Crippen LogP contribution >= 0.6 is 23.4 Å². The number of nitrogens with zero attached hydrogens (tertiary/aromatic N) is 2. The number of amides is 2. The highest BCUT2D eigenvalue weighted by atomic mass is 35.5. The molecule has 2 aromatic carbocycles. The average Bonchev–Trinajstić information content (AvgIpc) is 3.20. The Bertz CT molecular complexity index is 1210. The number of carbonyl (C=O) groups excluding carboxylic acids is 2. The maximum Gasteiger partial charge on any atom is 0.293 e. The normalized spacial score (nSPS) is 15.2. The maximum atomic E-state index is 12.9. The van der Waals surface area contributed by atoms with Crippen LogP contribution in [0.5, 0.6) is 0 Å². The molecule has 32 heavy (non-hydrogen) atoms. The second-order valence-electron chi connectivity index (χ2n) is 8.02. The lowest BCUT2D eigenvalue weighted by molar-refractivity contribution is -0.122. The zero-order valence-corrected chi connectivity index (χ0v) is 20.0. The van der Waals surface area contributed by atoms with Crippen molar-refractivity contribution >= 4 is 40.6 Å². The van der Waals surface area contributed by atoms with E-state index in [4.69, 9.17) is 11.6 Å². The molecule has 0 unspecified atom stereocenters. The summed E-state index contributed by atoms with van der Waals surface area (Å²) in [5.74, 6) is -0.211. The molecule has 2 amide bonds. The van der Waals surface area contributed by atoms with E-state index in [1.807, 2.05) is 69.3 Å². The van der Waals surface area contributed by atoms with Gasteiger partial charge < -0.3 is 4.57 Å². The summed E-state index contributed by atoms with van der Waals surface area (Å²) in [5, 5.41) is 0.477. The summed E-state index contributed by atoms with van der Waals surface area (Å²) in [6, 6.07) is 18.0. The van der Waals surface area contributed by atoms with Gasteiger partial charge in [0.25, 0.3) is 11.1 Å². The minimum absolute atomic E-state index is 0.200. The third-order valence-electron chi connectivity index (χ3n) is 5.73. The first-order valence-electron chi connectivity index (χ1n) is 10.6. The fourth-order valence-electron chi connectivity index (χ4n) is 4.05. The average molecular weight is 465 g/mol. The predicted molar refractivity (Wildman–Crippen MR) is 132 cm³/mol. The number of aromatic nitrogens is 1. The van der Waals surface area contributed by atoms with Crippen LogP contribution in [0.15, 0.2) is 59.5 Å². The molecule has 2 heterocycles. The van der Waals surface area contributed by atoms with Crippen molar-refractivity contribution in [2.45, 2.75) is 33.6 Å². The zero-order chi connectivity index (χ0) is 22.8. The van der Waals surface area contributed by atoms with Gasteiger partial charge >= 0.3 is 0 Å². The molecule has 0 atom stereocenters. The van der Waals surface area contributed by atoms with Crippen LogP contribution in [0.3, 0.4) is 0 Å². The van der Waals surface area contributed by atoms with Gasteiger partial charge in [0.1, 0.15) is 0 Å². The largest absolute Gasteiger partial charge is 0.318 e. The molecule has 1 saturated heterocycles. The molecule has 0 spiro atoms. The molecule has 4 rings (SSSR count). The quantitative estimate of drug-likeness (QED) is 0.380. The van der Waals surface area contributed by atoms with Crippen LogP contribution in [-0.2, 0) is 11.2 Å². The first-order valence-corrected chi connectivity index (χ1v) is 11.8. The molecule has 3 aromatic rings. The molecule has 4 nitrogen and oxygen atoms in total. The Morgan fingerprint density at radius 2 is 1.75 bits per heavy atom. The van der Waals surface area contributed by atoms with E-state index in [0.29, 0.717) is 16.5 Å². The molecule has 1 aliphatic heterocycles. The van der Waals surface area contributed by atoms with Crippen LogP contribution in [-0.4, -0.2) is 27.2 Å². The van der Waals surface area contributed by atoms with Gasteiger partial charge in [-0.2, -0.15) is 0 Å². The lowest BCUT2D eigenvalue weighted by Gasteiger charge is -2.13. The van der Waals surface area contributed by atoms with Crippen LogP contribution in [0.2, 0.25) is 5.02 Å². The van der Waals surface area contributed by atoms with Crippen LogP contribution in [0, 0.1) is 20.8 Å². The third kappa shape index (κ3) is 4.54. The highest BCUT2D eigenvalue weighted by Crippen LogP contribution is 2.34. The first-order chi connectivity index (χ1) is 15.3. The van der Waals surface area contributed by atoms with E-state index in [9.17, 15) is 9.59 Å². The second-order valence-corrected chi connectivity index (χ2v) is 9.44. The number of benzene rings is 2. The van der Waals surface area contributed by atoms with Crippen LogP contribution in [0.4, 0.5) is 4.79 Å². The standard InChI is InChI=1S/C26H25ClN2O2S/c1-17-11-12-22(27)16-23(17)29-18(2)14-21(19(29)3)15-24-25(30)28(26(31)32-24)13-7-10-20-8-5-4-6-9-20/h4-6,8-9,11-12,14-16H,7,10,13H2,1-3H3/b24-15+. The Kier molecular flexibility index (Phi) is 6.58. The fraction of sp³-hybridized carbons (Fsp3) is 0.231. The zero-order valence-electron chi connectivity index (χ0n) is 18.4. The number of carbonyl (C=O) groups is 2. The first kappa shape index (κ1) is 22.4. The van der Waals surface area contributed by atoms with E-state index in [0.717, 1.165) is 52.8 Å². The number of aryl methyl sites for hydroxylation is 3. The Labute approximate surface area is 197 Å². The van der Waals surface area contributed by atoms with Crippen molar-refractivity contribution in [1.82, 2.24) is 9.47 Å². The van der Waals surface area contributed by atoms with Crippen molar-refractivity contribution in [3.8, 4) is 5.69 Å². The van der Waals surface area contributed by atoms with Crippen LogP contribution in [0.1, 0.15) is 34.5 Å². The van der Waals surface area contributed by atoms with E-state index in [1.165, 1.54) is 10.5 Å². The predicted octanol–water partition coefficient (Wildman–Crippen LogP) is 6.73. The Hall–Kier alpha value is -2.76. The molecule has 6 heteroatoms. The molecule has 0 radical (unpaired) electrons. The van der Waals surface area contributed by atoms with Gasteiger partial charge in [-0.3, -0.25) is 14.5 Å². The summed E-state index contributed by atoms with van der Waals surface area (Å²) in [7, 11) is 0. The lowest BCUT2D eigenvalue weighted by atomic mass is 10.1. The van der Waals surface area contributed by atoms with Crippen molar-refractivity contribution in [2.24, 2.45) is 0 Å². The van der Waals surface area contributed by atoms with E-state index in [2.05, 4.69) is 16.7 Å². The monoisotopic (exact) mass is 464 g/mol. The van der Waals surface area contributed by atoms with Gasteiger partial charge in [-0.1, -0.05) is 48.0 Å². The summed E-state index contributed by atoms with van der Waals surface area (Å²) >= 11 is 7.25. The molecule has 1 aliphatic rings. The Morgan fingerprint density at radius 3 is 2.50 bits per heavy atom. The fourth-order valence-corrected chi connectivity index (χ4v) is 5.07. The summed E-state index contributed by atoms with van der Waals surface area (Å²) in [4.78, 5) is 27.3. The number of hydrogen-bond acceptors (Lipinski definition) is 3. The summed E-state index contributed by atoms with van der Waals surface area (Å²) < 4.78 is 2.14. The molecule has 1 aromatic heterocycles. The topological polar surface area (TPSA) is 42.3 Å². The van der Waals surface area contributed by atoms with Crippen molar-refractivity contribution in [3.63, 3.8) is 0 Å². The summed E-state index contributed by atoms with van der Waals surface area (Å²) in [6.45, 7) is 6.52. The van der Waals surface area contributed by atoms with Crippen LogP contribution in [0.25, 0.3) is 11.8 Å². The van der Waals surface area contributed by atoms with E-state index >= 15 is 0 Å². The van der Waals surface area contributed by atoms with Gasteiger partial charge in [-0.05, 0) is 86.3 Å². The van der Waals surface area contributed by atoms with Crippen molar-refractivity contribution in [1.29, 1.82) is 0 Å². The minimum atomic E-state index is -0.211. The van der Waals surface area contributed by atoms with E-state index < -0.39 is 0 Å². The SMILES string of the molecule is Cc1ccc(Cl)cc1-n1c(C)cc(/C=C2/SC(=O)N(CCCc3ccccc3)C2=O)c1C. The van der Waals surface area contributed by atoms with Crippen LogP contribution < -0.4 is 0 Å². The van der Waals surface area contributed by atoms with Crippen molar-refractivity contribution in [3.05, 3.63) is 92.6 Å². The molecular weight excluding hydrogens is 440 g/mol. The number of thioether (sulfide) groups is 1. The molecular formula is C26H25ClN2O2S. The number of hydrogen-bond donors (Lipinski definition) is 0. The minimum Gasteiger partial charge on any atom is -0.318 e. The Balaban J connectivity index is 1.53. The molecule has 0 N–H and O–H groups in total. The van der Waals surface area contributed by atoms with Crippen molar-refractivity contribution in [2.75, 3.05) is 6.54 Å². The number of imide groups is 1. The number of halogens is 1. The molecule has 0 bridgehead atoms. The number of rotatable bonds is 6. The van der Waals surface area contributed by atoms with Gasteiger partial charge in [0.15, 0.2) is 0 Å². The maximum absolute atomic E-state index is 12.9. The van der Waals surface area contributed by atoms with E-state index in [-0.39, 0.29) is 11.1 Å².